The van der Waals surface area contributed by atoms with E-state index in [0.29, 0.717) is 0 Å². The molecule has 0 aromatic rings. The van der Waals surface area contributed by atoms with Crippen LogP contribution in [0.5, 0.6) is 0 Å². The first-order valence-corrected chi connectivity index (χ1v) is 6.36. The minimum absolute atomic E-state index is 0.896. The predicted molar refractivity (Wildman–Crippen MR) is 55.6 cm³/mol. The maximum Gasteiger partial charge on any atom is -0.0289 e. The quantitative estimate of drug-likeness (QED) is 0.596. The Morgan fingerprint density at radius 2 is 1.69 bits per heavy atom. The van der Waals surface area contributed by atoms with E-state index in [9.17, 15) is 0 Å². The molecule has 74 valence electrons. The molecule has 0 amide bonds. The van der Waals surface area contributed by atoms with Gasteiger partial charge >= 0.3 is 0 Å². The average molecular weight is 178 g/mol. The lowest BCUT2D eigenvalue weighted by molar-refractivity contribution is 0.0931. The van der Waals surface area contributed by atoms with Crippen LogP contribution in [0.2, 0.25) is 0 Å². The minimum atomic E-state index is 0.896. The number of hydrogen-bond donors (Lipinski definition) is 0. The van der Waals surface area contributed by atoms with Crippen LogP contribution < -0.4 is 0 Å². The molecule has 0 saturated heterocycles. The molecule has 0 aliphatic heterocycles. The number of hydrogen-bond acceptors (Lipinski definition) is 0. The van der Waals surface area contributed by atoms with Crippen LogP contribution in [0.4, 0.5) is 0 Å². The molecular weight excluding hydrogens is 156 g/mol. The van der Waals surface area contributed by atoms with Crippen molar-refractivity contribution in [3.05, 3.63) is 0 Å². The van der Waals surface area contributed by atoms with Crippen molar-refractivity contribution in [2.45, 2.75) is 64.2 Å². The molecular formula is C13H22. The number of rotatable bonds is 2. The SMILES string of the molecule is C1CCC(CC23CCC(C2)C3)CC1. The summed E-state index contributed by atoms with van der Waals surface area (Å²) in [6.07, 6.45) is 15.7. The molecule has 0 N–H and O–H groups in total. The van der Waals surface area contributed by atoms with Gasteiger partial charge in [-0.15, -0.1) is 0 Å². The van der Waals surface area contributed by atoms with Crippen molar-refractivity contribution in [1.29, 1.82) is 0 Å². The van der Waals surface area contributed by atoms with E-state index in [4.69, 9.17) is 0 Å². The maximum absolute atomic E-state index is 1.61. The Kier molecular flexibility index (Phi) is 1.92. The van der Waals surface area contributed by atoms with Crippen LogP contribution in [0, 0.1) is 17.3 Å². The molecule has 0 aromatic carbocycles. The van der Waals surface area contributed by atoms with Crippen molar-refractivity contribution < 1.29 is 0 Å². The lowest BCUT2D eigenvalue weighted by Gasteiger charge is -2.42. The Labute approximate surface area is 82.1 Å². The van der Waals surface area contributed by atoms with Gasteiger partial charge in [-0.05, 0) is 49.4 Å². The Bertz CT molecular complexity index is 177. The Morgan fingerprint density at radius 3 is 2.31 bits per heavy atom. The number of fused-ring (bicyclic) bond motifs is 1. The molecule has 0 heteroatoms. The molecule has 4 saturated carbocycles. The van der Waals surface area contributed by atoms with E-state index in [1.54, 1.807) is 44.9 Å². The highest BCUT2D eigenvalue weighted by atomic mass is 14.6. The zero-order valence-electron chi connectivity index (χ0n) is 8.73. The van der Waals surface area contributed by atoms with Gasteiger partial charge in [0, 0.05) is 0 Å². The van der Waals surface area contributed by atoms with E-state index in [0.717, 1.165) is 11.3 Å². The first kappa shape index (κ1) is 8.32. The Balaban J connectivity index is 1.56. The van der Waals surface area contributed by atoms with Crippen LogP contribution in [0.15, 0.2) is 0 Å². The maximum atomic E-state index is 1.61. The normalized spacial score (nSPS) is 44.8. The molecule has 4 aliphatic rings. The monoisotopic (exact) mass is 178 g/mol. The predicted octanol–water partition coefficient (Wildman–Crippen LogP) is 4.15. The third-order valence-corrected chi connectivity index (χ3v) is 4.97. The van der Waals surface area contributed by atoms with Gasteiger partial charge in [-0.2, -0.15) is 0 Å². The van der Waals surface area contributed by atoms with E-state index in [1.165, 1.54) is 25.2 Å². The van der Waals surface area contributed by atoms with E-state index < -0.39 is 0 Å². The standard InChI is InChI=1S/C13H22/c1-2-4-11(5-3-1)8-13-7-6-12(9-13)10-13/h11-12H,1-10H2. The second kappa shape index (κ2) is 3.00. The Hall–Kier alpha value is 0. The molecule has 0 spiro atoms. The van der Waals surface area contributed by atoms with Crippen molar-refractivity contribution in [3.63, 3.8) is 0 Å². The van der Waals surface area contributed by atoms with E-state index >= 15 is 0 Å². The molecule has 0 aromatic heterocycles. The molecule has 0 nitrogen and oxygen atoms in total. The van der Waals surface area contributed by atoms with Gasteiger partial charge in [0.2, 0.25) is 0 Å². The highest BCUT2D eigenvalue weighted by Crippen LogP contribution is 2.62. The van der Waals surface area contributed by atoms with Gasteiger partial charge in [0.1, 0.15) is 0 Å². The van der Waals surface area contributed by atoms with E-state index in [2.05, 4.69) is 0 Å². The zero-order chi connectivity index (χ0) is 8.73. The third-order valence-electron chi connectivity index (χ3n) is 4.97. The van der Waals surface area contributed by atoms with E-state index in [-0.39, 0.29) is 0 Å². The molecule has 0 unspecified atom stereocenters. The summed E-state index contributed by atoms with van der Waals surface area (Å²) in [4.78, 5) is 0. The Morgan fingerprint density at radius 1 is 0.923 bits per heavy atom. The zero-order valence-corrected chi connectivity index (χ0v) is 8.73. The second-order valence-corrected chi connectivity index (χ2v) is 6.02. The van der Waals surface area contributed by atoms with Crippen molar-refractivity contribution in [2.75, 3.05) is 0 Å². The fourth-order valence-electron chi connectivity index (χ4n) is 4.36. The van der Waals surface area contributed by atoms with Crippen LogP contribution in [-0.2, 0) is 0 Å². The van der Waals surface area contributed by atoms with Crippen molar-refractivity contribution in [2.24, 2.45) is 17.3 Å². The smallest absolute Gasteiger partial charge is 0.0289 e. The molecule has 4 aliphatic carbocycles. The summed E-state index contributed by atoms with van der Waals surface area (Å²) in [5.74, 6) is 2.30. The topological polar surface area (TPSA) is 0 Å². The van der Waals surface area contributed by atoms with Gasteiger partial charge in [-0.3, -0.25) is 0 Å². The fraction of sp³-hybridized carbons (Fsp3) is 1.00. The van der Waals surface area contributed by atoms with Crippen molar-refractivity contribution in [1.82, 2.24) is 0 Å². The summed E-state index contributed by atoms with van der Waals surface area (Å²) < 4.78 is 0. The minimum Gasteiger partial charge on any atom is -0.0533 e. The largest absolute Gasteiger partial charge is 0.0533 e. The first-order valence-electron chi connectivity index (χ1n) is 6.36. The summed E-state index contributed by atoms with van der Waals surface area (Å²) in [5, 5.41) is 0. The van der Waals surface area contributed by atoms with Crippen molar-refractivity contribution in [3.8, 4) is 0 Å². The van der Waals surface area contributed by atoms with Gasteiger partial charge in [0.25, 0.3) is 0 Å². The average Bonchev–Trinajstić information content (AvgIpc) is 2.65. The molecule has 4 rings (SSSR count). The summed E-state index contributed by atoms with van der Waals surface area (Å²) in [6.45, 7) is 0. The molecule has 2 bridgehead atoms. The van der Waals surface area contributed by atoms with Gasteiger partial charge in [0.15, 0.2) is 0 Å². The molecule has 0 heterocycles. The van der Waals surface area contributed by atoms with Gasteiger partial charge in [0.05, 0.1) is 0 Å². The first-order chi connectivity index (χ1) is 6.36. The summed E-state index contributed by atoms with van der Waals surface area (Å²) >= 11 is 0. The van der Waals surface area contributed by atoms with Crippen LogP contribution in [-0.4, -0.2) is 0 Å². The third kappa shape index (κ3) is 1.43. The second-order valence-electron chi connectivity index (χ2n) is 6.02. The van der Waals surface area contributed by atoms with Gasteiger partial charge in [-0.25, -0.2) is 0 Å². The van der Waals surface area contributed by atoms with Gasteiger partial charge in [-0.1, -0.05) is 32.1 Å². The lowest BCUT2D eigenvalue weighted by atomic mass is 9.64. The highest BCUT2D eigenvalue weighted by Gasteiger charge is 2.50. The van der Waals surface area contributed by atoms with Crippen LogP contribution in [0.3, 0.4) is 0 Å². The summed E-state index contributed by atoms with van der Waals surface area (Å²) in [5.41, 5.74) is 0.896. The van der Waals surface area contributed by atoms with Gasteiger partial charge < -0.3 is 0 Å². The summed E-state index contributed by atoms with van der Waals surface area (Å²) in [7, 11) is 0. The van der Waals surface area contributed by atoms with Crippen LogP contribution in [0.1, 0.15) is 64.2 Å². The molecule has 0 radical (unpaired) electrons. The van der Waals surface area contributed by atoms with Crippen LogP contribution >= 0.6 is 0 Å². The molecule has 4 fully saturated rings. The lowest BCUT2D eigenvalue weighted by Crippen LogP contribution is -2.30. The molecule has 0 atom stereocenters. The summed E-state index contributed by atoms with van der Waals surface area (Å²) in [6, 6.07) is 0. The van der Waals surface area contributed by atoms with E-state index in [1.807, 2.05) is 0 Å². The van der Waals surface area contributed by atoms with Crippen molar-refractivity contribution >= 4 is 0 Å². The molecule has 13 heavy (non-hydrogen) atoms. The fourth-order valence-corrected chi connectivity index (χ4v) is 4.36. The van der Waals surface area contributed by atoms with Crippen LogP contribution in [0.25, 0.3) is 0 Å². The highest BCUT2D eigenvalue weighted by molar-refractivity contribution is 5.01.